The van der Waals surface area contributed by atoms with Crippen LogP contribution in [0.5, 0.6) is 0 Å². The lowest BCUT2D eigenvalue weighted by Gasteiger charge is -2.45. The molecule has 0 aliphatic carbocycles. The van der Waals surface area contributed by atoms with Gasteiger partial charge in [-0.1, -0.05) is 29.8 Å². The first-order valence-electron chi connectivity index (χ1n) is 10.6. The van der Waals surface area contributed by atoms with Crippen molar-refractivity contribution in [2.24, 2.45) is 4.99 Å². The number of nitrogens with one attached hydrogen (secondary N) is 2. The summed E-state index contributed by atoms with van der Waals surface area (Å²) in [6.07, 6.45) is 1.79. The third-order valence-corrected chi connectivity index (χ3v) is 6.03. The maximum Gasteiger partial charge on any atom is 0.127 e. The maximum atomic E-state index is 5.71. The molecule has 6 heteroatoms. The van der Waals surface area contributed by atoms with Gasteiger partial charge in [-0.3, -0.25) is 4.99 Å². The minimum atomic E-state index is -0.231. The lowest BCUT2D eigenvalue weighted by Crippen LogP contribution is -2.56. The zero-order valence-corrected chi connectivity index (χ0v) is 18.7. The van der Waals surface area contributed by atoms with Gasteiger partial charge < -0.3 is 25.2 Å². The summed E-state index contributed by atoms with van der Waals surface area (Å²) in [5.74, 6) is 1.01. The second kappa shape index (κ2) is 8.19. The SMILES string of the molecule is Cc1cccc(CN=C2Nc3c(N(C)C)ccc(N(C)C)c3NC23CCOCC3)c1. The highest BCUT2D eigenvalue weighted by atomic mass is 16.5. The smallest absolute Gasteiger partial charge is 0.127 e. The fraction of sp³-hybridized carbons (Fsp3) is 0.458. The Morgan fingerprint density at radius 1 is 0.967 bits per heavy atom. The van der Waals surface area contributed by atoms with Gasteiger partial charge in [0.2, 0.25) is 0 Å². The summed E-state index contributed by atoms with van der Waals surface area (Å²) in [6.45, 7) is 4.25. The Labute approximate surface area is 179 Å². The number of rotatable bonds is 4. The van der Waals surface area contributed by atoms with Crippen LogP contribution >= 0.6 is 0 Å². The van der Waals surface area contributed by atoms with Gasteiger partial charge in [0.05, 0.1) is 34.8 Å². The number of aliphatic imine (C=N–C) groups is 1. The summed E-state index contributed by atoms with van der Waals surface area (Å²) in [7, 11) is 8.33. The van der Waals surface area contributed by atoms with Crippen molar-refractivity contribution < 1.29 is 4.74 Å². The summed E-state index contributed by atoms with van der Waals surface area (Å²) < 4.78 is 5.71. The van der Waals surface area contributed by atoms with E-state index in [4.69, 9.17) is 9.73 Å². The van der Waals surface area contributed by atoms with Crippen molar-refractivity contribution in [1.82, 2.24) is 0 Å². The van der Waals surface area contributed by atoms with Crippen molar-refractivity contribution in [3.05, 3.63) is 47.5 Å². The number of anilines is 4. The molecule has 0 aromatic heterocycles. The topological polar surface area (TPSA) is 52.1 Å². The highest BCUT2D eigenvalue weighted by molar-refractivity contribution is 6.14. The lowest BCUT2D eigenvalue weighted by atomic mass is 9.85. The summed E-state index contributed by atoms with van der Waals surface area (Å²) >= 11 is 0. The Morgan fingerprint density at radius 2 is 1.63 bits per heavy atom. The highest BCUT2D eigenvalue weighted by Crippen LogP contribution is 2.46. The van der Waals surface area contributed by atoms with Crippen molar-refractivity contribution in [1.29, 1.82) is 0 Å². The average molecular weight is 408 g/mol. The molecule has 2 aromatic carbocycles. The molecule has 0 atom stereocenters. The van der Waals surface area contributed by atoms with Crippen molar-refractivity contribution in [3.8, 4) is 0 Å². The quantitative estimate of drug-likeness (QED) is 0.799. The molecule has 0 radical (unpaired) electrons. The number of amidine groups is 1. The number of nitrogens with zero attached hydrogens (tertiary/aromatic N) is 3. The van der Waals surface area contributed by atoms with Crippen molar-refractivity contribution in [2.75, 3.05) is 61.8 Å². The maximum absolute atomic E-state index is 5.71. The zero-order chi connectivity index (χ0) is 21.3. The van der Waals surface area contributed by atoms with Gasteiger partial charge in [0.25, 0.3) is 0 Å². The minimum absolute atomic E-state index is 0.231. The second-order valence-electron chi connectivity index (χ2n) is 8.74. The van der Waals surface area contributed by atoms with Crippen molar-refractivity contribution >= 4 is 28.6 Å². The molecule has 1 spiro atoms. The van der Waals surface area contributed by atoms with E-state index in [9.17, 15) is 0 Å². The Balaban J connectivity index is 1.79. The fourth-order valence-electron chi connectivity index (χ4n) is 4.37. The molecule has 30 heavy (non-hydrogen) atoms. The number of hydrogen-bond donors (Lipinski definition) is 2. The van der Waals surface area contributed by atoms with Gasteiger partial charge in [0.1, 0.15) is 5.84 Å². The third-order valence-electron chi connectivity index (χ3n) is 6.03. The molecule has 0 bridgehead atoms. The van der Waals surface area contributed by atoms with E-state index in [1.54, 1.807) is 0 Å². The number of ether oxygens (including phenoxy) is 1. The van der Waals surface area contributed by atoms with Crippen LogP contribution in [0.1, 0.15) is 24.0 Å². The Morgan fingerprint density at radius 3 is 2.27 bits per heavy atom. The van der Waals surface area contributed by atoms with Crippen molar-refractivity contribution in [3.63, 3.8) is 0 Å². The minimum Gasteiger partial charge on any atom is -0.381 e. The molecular weight excluding hydrogens is 374 g/mol. The summed E-state index contributed by atoms with van der Waals surface area (Å²) in [6, 6.07) is 12.9. The van der Waals surface area contributed by atoms with Gasteiger partial charge in [0.15, 0.2) is 0 Å². The molecule has 1 fully saturated rings. The molecule has 0 saturated carbocycles. The van der Waals surface area contributed by atoms with E-state index in [2.05, 4.69) is 91.9 Å². The molecule has 2 aliphatic rings. The number of aryl methyl sites for hydroxylation is 1. The molecule has 0 amide bonds. The highest BCUT2D eigenvalue weighted by Gasteiger charge is 2.43. The van der Waals surface area contributed by atoms with Gasteiger partial charge in [-0.2, -0.15) is 0 Å². The van der Waals surface area contributed by atoms with Gasteiger partial charge in [-0.15, -0.1) is 0 Å². The molecule has 6 nitrogen and oxygen atoms in total. The first-order valence-corrected chi connectivity index (χ1v) is 10.6. The Bertz CT molecular complexity index is 945. The molecule has 1 saturated heterocycles. The van der Waals surface area contributed by atoms with Crippen LogP contribution in [0.25, 0.3) is 0 Å². The second-order valence-corrected chi connectivity index (χ2v) is 8.74. The van der Waals surface area contributed by atoms with Gasteiger partial charge in [-0.25, -0.2) is 0 Å². The number of fused-ring (bicyclic) bond motifs is 1. The standard InChI is InChI=1S/C24H33N5O/c1-17-7-6-8-18(15-17)16-25-23-24(11-13-30-14-12-24)27-22-20(29(4)5)10-9-19(28(2)3)21(22)26-23/h6-10,15,27H,11-14,16H2,1-5H3,(H,25,26). The molecular formula is C24H33N5O. The molecule has 160 valence electrons. The van der Waals surface area contributed by atoms with E-state index >= 15 is 0 Å². The average Bonchev–Trinajstić information content (AvgIpc) is 2.72. The van der Waals surface area contributed by atoms with E-state index in [1.165, 1.54) is 16.8 Å². The predicted molar refractivity (Wildman–Crippen MR) is 127 cm³/mol. The number of benzene rings is 2. The van der Waals surface area contributed by atoms with Crippen LogP contribution < -0.4 is 20.4 Å². The molecule has 2 aliphatic heterocycles. The molecule has 2 heterocycles. The lowest BCUT2D eigenvalue weighted by molar-refractivity contribution is 0.0778. The normalized spacial score (nSPS) is 18.5. The largest absolute Gasteiger partial charge is 0.381 e. The Kier molecular flexibility index (Phi) is 5.60. The fourth-order valence-corrected chi connectivity index (χ4v) is 4.37. The monoisotopic (exact) mass is 407 g/mol. The predicted octanol–water partition coefficient (Wildman–Crippen LogP) is 4.11. The third kappa shape index (κ3) is 3.84. The van der Waals surface area contributed by atoms with Crippen molar-refractivity contribution in [2.45, 2.75) is 31.8 Å². The number of hydrogen-bond acceptors (Lipinski definition) is 5. The van der Waals surface area contributed by atoms with Crippen LogP contribution in [0.4, 0.5) is 22.7 Å². The molecule has 2 N–H and O–H groups in total. The van der Waals surface area contributed by atoms with Crippen LogP contribution in [0.3, 0.4) is 0 Å². The van der Waals surface area contributed by atoms with Crippen LogP contribution in [0, 0.1) is 6.92 Å². The van der Waals surface area contributed by atoms with Crippen LogP contribution in [-0.4, -0.2) is 52.8 Å². The van der Waals surface area contributed by atoms with Crippen LogP contribution in [-0.2, 0) is 11.3 Å². The van der Waals surface area contributed by atoms with E-state index < -0.39 is 0 Å². The van der Waals surface area contributed by atoms with E-state index in [-0.39, 0.29) is 5.54 Å². The summed E-state index contributed by atoms with van der Waals surface area (Å²) in [5, 5.41) is 7.66. The van der Waals surface area contributed by atoms with Gasteiger partial charge in [0, 0.05) is 54.2 Å². The first-order chi connectivity index (χ1) is 14.4. The van der Waals surface area contributed by atoms with Gasteiger partial charge in [-0.05, 0) is 24.6 Å². The molecule has 0 unspecified atom stereocenters. The van der Waals surface area contributed by atoms with E-state index in [0.717, 1.165) is 49.0 Å². The van der Waals surface area contributed by atoms with E-state index in [0.29, 0.717) is 6.54 Å². The van der Waals surface area contributed by atoms with Crippen LogP contribution in [0.15, 0.2) is 41.4 Å². The Hall–Kier alpha value is -2.73. The zero-order valence-electron chi connectivity index (χ0n) is 18.7. The van der Waals surface area contributed by atoms with Crippen LogP contribution in [0.2, 0.25) is 0 Å². The van der Waals surface area contributed by atoms with Gasteiger partial charge >= 0.3 is 0 Å². The van der Waals surface area contributed by atoms with E-state index in [1.807, 2.05) is 0 Å². The molecule has 2 aromatic rings. The summed E-state index contributed by atoms with van der Waals surface area (Å²) in [4.78, 5) is 9.41. The molecule has 4 rings (SSSR count). The summed E-state index contributed by atoms with van der Waals surface area (Å²) in [5.41, 5.74) is 6.81. The first kappa shape index (κ1) is 20.5.